The van der Waals surface area contributed by atoms with Crippen molar-refractivity contribution in [2.75, 3.05) is 6.54 Å². The molecule has 27 heavy (non-hydrogen) atoms. The van der Waals surface area contributed by atoms with E-state index >= 15 is 0 Å². The molecule has 1 amide bonds. The first-order valence-corrected chi connectivity index (χ1v) is 10.1. The summed E-state index contributed by atoms with van der Waals surface area (Å²) in [6, 6.07) is 8.18. The molecular formula is C19H17BrN4O2S. The lowest BCUT2D eigenvalue weighted by atomic mass is 10.2. The number of halogens is 1. The van der Waals surface area contributed by atoms with Gasteiger partial charge in [-0.2, -0.15) is 0 Å². The van der Waals surface area contributed by atoms with E-state index < -0.39 is 0 Å². The first kappa shape index (κ1) is 17.9. The van der Waals surface area contributed by atoms with Crippen LogP contribution in [0.4, 0.5) is 0 Å². The highest BCUT2D eigenvalue weighted by Gasteiger charge is 2.18. The molecule has 138 valence electrons. The highest BCUT2D eigenvalue weighted by Crippen LogP contribution is 2.26. The summed E-state index contributed by atoms with van der Waals surface area (Å²) in [5.74, 6) is 0.374. The van der Waals surface area contributed by atoms with Crippen LogP contribution in [0, 0.1) is 13.8 Å². The standard InChI is InChI=1S/C19H17BrN4O2S/c1-10-15-17(25)22-11(2)23-19(15)27-16(10)18(26)21-6-8-24-7-5-12-9-13(20)3-4-14(12)24/h3-5,7,9H,6,8H2,1-2H3,(H,21,26)(H,22,23,25). The van der Waals surface area contributed by atoms with Crippen molar-refractivity contribution >= 4 is 54.3 Å². The average Bonchev–Trinajstić information content (AvgIpc) is 3.15. The van der Waals surface area contributed by atoms with Gasteiger partial charge >= 0.3 is 0 Å². The second-order valence-electron chi connectivity index (χ2n) is 6.36. The van der Waals surface area contributed by atoms with Gasteiger partial charge in [0.1, 0.15) is 10.7 Å². The zero-order valence-corrected chi connectivity index (χ0v) is 17.2. The number of H-pyrrole nitrogens is 1. The number of aromatic amines is 1. The Hall–Kier alpha value is -2.45. The maximum absolute atomic E-state index is 12.6. The SMILES string of the molecule is Cc1nc2sc(C(=O)NCCn3ccc4cc(Br)ccc43)c(C)c2c(=O)[nH]1. The van der Waals surface area contributed by atoms with Crippen molar-refractivity contribution in [1.29, 1.82) is 0 Å². The lowest BCUT2D eigenvalue weighted by molar-refractivity contribution is 0.0956. The zero-order chi connectivity index (χ0) is 19.1. The molecule has 0 aliphatic heterocycles. The number of nitrogens with zero attached hydrogens (tertiary/aromatic N) is 2. The smallest absolute Gasteiger partial charge is 0.261 e. The van der Waals surface area contributed by atoms with Crippen LogP contribution in [0.2, 0.25) is 0 Å². The van der Waals surface area contributed by atoms with Gasteiger partial charge in [0.2, 0.25) is 0 Å². The minimum absolute atomic E-state index is 0.174. The summed E-state index contributed by atoms with van der Waals surface area (Å²) >= 11 is 4.73. The fourth-order valence-electron chi connectivity index (χ4n) is 3.20. The quantitative estimate of drug-likeness (QED) is 0.502. The Morgan fingerprint density at radius 3 is 2.96 bits per heavy atom. The minimum Gasteiger partial charge on any atom is -0.350 e. The number of rotatable bonds is 4. The fraction of sp³-hybridized carbons (Fsp3) is 0.211. The molecule has 4 aromatic rings. The third kappa shape index (κ3) is 3.30. The summed E-state index contributed by atoms with van der Waals surface area (Å²) in [7, 11) is 0. The molecule has 1 aromatic carbocycles. The monoisotopic (exact) mass is 444 g/mol. The van der Waals surface area contributed by atoms with Gasteiger partial charge in [-0.3, -0.25) is 9.59 Å². The third-order valence-electron chi connectivity index (χ3n) is 4.50. The van der Waals surface area contributed by atoms with Gasteiger partial charge in [-0.05, 0) is 43.7 Å². The van der Waals surface area contributed by atoms with Crippen LogP contribution < -0.4 is 10.9 Å². The largest absolute Gasteiger partial charge is 0.350 e. The van der Waals surface area contributed by atoms with Gasteiger partial charge in [0.25, 0.3) is 11.5 Å². The molecule has 3 heterocycles. The summed E-state index contributed by atoms with van der Waals surface area (Å²) in [6.07, 6.45) is 2.01. The highest BCUT2D eigenvalue weighted by molar-refractivity contribution is 9.10. The van der Waals surface area contributed by atoms with Crippen LogP contribution in [-0.2, 0) is 6.54 Å². The maximum Gasteiger partial charge on any atom is 0.261 e. The van der Waals surface area contributed by atoms with Gasteiger partial charge in [-0.25, -0.2) is 4.98 Å². The van der Waals surface area contributed by atoms with Crippen LogP contribution in [0.1, 0.15) is 21.1 Å². The van der Waals surface area contributed by atoms with Gasteiger partial charge in [0.15, 0.2) is 0 Å². The molecule has 0 radical (unpaired) electrons. The normalized spacial score (nSPS) is 11.4. The van der Waals surface area contributed by atoms with Gasteiger partial charge < -0.3 is 14.9 Å². The van der Waals surface area contributed by atoms with Gasteiger partial charge in [0, 0.05) is 34.7 Å². The van der Waals surface area contributed by atoms with E-state index in [-0.39, 0.29) is 11.5 Å². The molecule has 0 unspecified atom stereocenters. The highest BCUT2D eigenvalue weighted by atomic mass is 79.9. The van der Waals surface area contributed by atoms with Crippen molar-refractivity contribution in [3.63, 3.8) is 0 Å². The van der Waals surface area contributed by atoms with E-state index in [1.165, 1.54) is 11.3 Å². The lowest BCUT2D eigenvalue weighted by Gasteiger charge is -2.07. The summed E-state index contributed by atoms with van der Waals surface area (Å²) in [6.45, 7) is 4.68. The Balaban J connectivity index is 1.51. The number of hydrogen-bond acceptors (Lipinski definition) is 4. The molecule has 0 saturated carbocycles. The Kier molecular flexibility index (Phi) is 4.61. The van der Waals surface area contributed by atoms with E-state index in [1.807, 2.05) is 12.3 Å². The van der Waals surface area contributed by atoms with Crippen LogP contribution >= 0.6 is 27.3 Å². The van der Waals surface area contributed by atoms with Crippen molar-refractivity contribution in [3.8, 4) is 0 Å². The van der Waals surface area contributed by atoms with E-state index in [2.05, 4.69) is 54.0 Å². The molecule has 8 heteroatoms. The minimum atomic E-state index is -0.199. The Bertz CT molecular complexity index is 1240. The van der Waals surface area contributed by atoms with Crippen molar-refractivity contribution < 1.29 is 4.79 Å². The first-order chi connectivity index (χ1) is 12.9. The van der Waals surface area contributed by atoms with Crippen LogP contribution in [0.25, 0.3) is 21.1 Å². The molecule has 0 spiro atoms. The molecule has 4 rings (SSSR count). The van der Waals surface area contributed by atoms with Crippen molar-refractivity contribution in [2.24, 2.45) is 0 Å². The lowest BCUT2D eigenvalue weighted by Crippen LogP contribution is -2.27. The number of fused-ring (bicyclic) bond motifs is 2. The van der Waals surface area contributed by atoms with Crippen LogP contribution in [0.3, 0.4) is 0 Å². The number of aryl methyl sites for hydroxylation is 2. The van der Waals surface area contributed by atoms with E-state index in [9.17, 15) is 9.59 Å². The number of nitrogens with one attached hydrogen (secondary N) is 2. The summed E-state index contributed by atoms with van der Waals surface area (Å²) in [5.41, 5.74) is 1.60. The van der Waals surface area contributed by atoms with E-state index in [1.54, 1.807) is 13.8 Å². The van der Waals surface area contributed by atoms with E-state index in [0.717, 1.165) is 15.4 Å². The molecule has 0 atom stereocenters. The number of thiophene rings is 1. The van der Waals surface area contributed by atoms with Crippen LogP contribution in [-0.4, -0.2) is 27.0 Å². The number of aromatic nitrogens is 3. The second kappa shape index (κ2) is 6.94. The molecule has 0 aliphatic carbocycles. The van der Waals surface area contributed by atoms with Crippen LogP contribution in [0.5, 0.6) is 0 Å². The predicted octanol–water partition coefficient (Wildman–Crippen LogP) is 3.75. The van der Waals surface area contributed by atoms with Gasteiger partial charge in [0.05, 0.1) is 10.3 Å². The zero-order valence-electron chi connectivity index (χ0n) is 14.8. The summed E-state index contributed by atoms with van der Waals surface area (Å²) in [4.78, 5) is 32.9. The van der Waals surface area contributed by atoms with E-state index in [4.69, 9.17) is 0 Å². The first-order valence-electron chi connectivity index (χ1n) is 8.46. The van der Waals surface area contributed by atoms with Gasteiger partial charge in [-0.1, -0.05) is 15.9 Å². The molecule has 0 bridgehead atoms. The number of amides is 1. The van der Waals surface area contributed by atoms with Crippen LogP contribution in [0.15, 0.2) is 39.7 Å². The Labute approximate surface area is 167 Å². The molecule has 0 fully saturated rings. The summed E-state index contributed by atoms with van der Waals surface area (Å²) in [5, 5.41) is 4.60. The average molecular weight is 445 g/mol. The molecule has 0 saturated heterocycles. The summed E-state index contributed by atoms with van der Waals surface area (Å²) < 4.78 is 3.15. The maximum atomic E-state index is 12.6. The number of carbonyl (C=O) groups is 1. The molecule has 3 aromatic heterocycles. The third-order valence-corrected chi connectivity index (χ3v) is 6.17. The van der Waals surface area contributed by atoms with E-state index in [0.29, 0.717) is 39.6 Å². The number of carbonyl (C=O) groups excluding carboxylic acids is 1. The molecule has 6 nitrogen and oxygen atoms in total. The molecule has 2 N–H and O–H groups in total. The number of benzene rings is 1. The molecular weight excluding hydrogens is 428 g/mol. The van der Waals surface area contributed by atoms with Crippen molar-refractivity contribution in [1.82, 2.24) is 19.9 Å². The Morgan fingerprint density at radius 2 is 2.15 bits per heavy atom. The predicted molar refractivity (Wildman–Crippen MR) is 112 cm³/mol. The molecule has 0 aliphatic rings. The van der Waals surface area contributed by atoms with Gasteiger partial charge in [-0.15, -0.1) is 11.3 Å². The Morgan fingerprint density at radius 1 is 1.33 bits per heavy atom. The fourth-order valence-corrected chi connectivity index (χ4v) is 4.73. The van der Waals surface area contributed by atoms with Crippen molar-refractivity contribution in [3.05, 3.63) is 61.6 Å². The topological polar surface area (TPSA) is 79.8 Å². The number of hydrogen-bond donors (Lipinski definition) is 2. The second-order valence-corrected chi connectivity index (χ2v) is 8.27. The van der Waals surface area contributed by atoms with Crippen molar-refractivity contribution in [2.45, 2.75) is 20.4 Å².